The fraction of sp³-hybridized carbons (Fsp3) is 0.114. The first-order valence-corrected chi connectivity index (χ1v) is 15.5. The molecule has 0 amide bonds. The van der Waals surface area contributed by atoms with Gasteiger partial charge in [-0.2, -0.15) is 0 Å². The molecule has 0 radical (unpaired) electrons. The highest BCUT2D eigenvalue weighted by Crippen LogP contribution is 2.34. The van der Waals surface area contributed by atoms with Gasteiger partial charge in [0.1, 0.15) is 0 Å². The van der Waals surface area contributed by atoms with Crippen molar-refractivity contribution < 1.29 is 0 Å². The van der Waals surface area contributed by atoms with Gasteiger partial charge < -0.3 is 0 Å². The van der Waals surface area contributed by atoms with Crippen LogP contribution in [-0.4, -0.2) is 5.71 Å². The predicted molar refractivity (Wildman–Crippen MR) is 196 cm³/mol. The minimum atomic E-state index is -0.142. The molecule has 0 saturated carbocycles. The monoisotopic (exact) mass is 583 g/mol. The Morgan fingerprint density at radius 1 is 0.711 bits per heavy atom. The quantitative estimate of drug-likeness (QED) is 0.108. The lowest BCUT2D eigenvalue weighted by Crippen LogP contribution is -2.18. The zero-order valence-electron chi connectivity index (χ0n) is 26.6. The molecule has 0 N–H and O–H groups in total. The molecular weight excluding hydrogens is 542 g/mol. The van der Waals surface area contributed by atoms with E-state index < -0.39 is 0 Å². The number of hydrogen-bond donors (Lipinski definition) is 0. The van der Waals surface area contributed by atoms with Crippen LogP contribution < -0.4 is 0 Å². The lowest BCUT2D eigenvalue weighted by Gasteiger charge is -2.26. The van der Waals surface area contributed by atoms with Crippen LogP contribution in [0.3, 0.4) is 0 Å². The summed E-state index contributed by atoms with van der Waals surface area (Å²) in [5, 5.41) is 2.54. The highest BCUT2D eigenvalue weighted by atomic mass is 14.7. The van der Waals surface area contributed by atoms with Gasteiger partial charge in [0.05, 0.1) is 12.3 Å². The molecule has 5 aromatic carbocycles. The van der Waals surface area contributed by atoms with Crippen molar-refractivity contribution in [2.75, 3.05) is 0 Å². The Bertz CT molecular complexity index is 1890. The summed E-state index contributed by atoms with van der Waals surface area (Å²) < 4.78 is 0. The second-order valence-electron chi connectivity index (χ2n) is 11.7. The van der Waals surface area contributed by atoms with E-state index >= 15 is 0 Å². The van der Waals surface area contributed by atoms with E-state index in [-0.39, 0.29) is 5.41 Å². The number of allylic oxidation sites excluding steroid dienone is 8. The molecule has 1 heteroatoms. The van der Waals surface area contributed by atoms with E-state index in [1.54, 1.807) is 6.08 Å². The molecule has 0 aliphatic carbocycles. The molecule has 1 nitrogen and oxygen atoms in total. The van der Waals surface area contributed by atoms with Gasteiger partial charge in [0.15, 0.2) is 0 Å². The van der Waals surface area contributed by atoms with E-state index in [0.717, 1.165) is 28.0 Å². The largest absolute Gasteiger partial charge is 0.280 e. The van der Waals surface area contributed by atoms with Crippen molar-refractivity contribution in [3.63, 3.8) is 0 Å². The van der Waals surface area contributed by atoms with Crippen LogP contribution in [0.5, 0.6) is 0 Å². The summed E-state index contributed by atoms with van der Waals surface area (Å²) >= 11 is 0. The second kappa shape index (κ2) is 14.5. The number of benzene rings is 5. The van der Waals surface area contributed by atoms with Gasteiger partial charge in [-0.25, -0.2) is 0 Å². The fourth-order valence-corrected chi connectivity index (χ4v) is 5.70. The van der Waals surface area contributed by atoms with Crippen molar-refractivity contribution in [3.8, 4) is 11.1 Å². The first kappa shape index (κ1) is 31.2. The summed E-state index contributed by atoms with van der Waals surface area (Å²) in [6.07, 6.45) is 11.9. The Morgan fingerprint density at radius 3 is 2.02 bits per heavy atom. The van der Waals surface area contributed by atoms with Gasteiger partial charge in [0.25, 0.3) is 0 Å². The number of hydrogen-bond acceptors (Lipinski definition) is 1. The van der Waals surface area contributed by atoms with Gasteiger partial charge in [-0.1, -0.05) is 179 Å². The van der Waals surface area contributed by atoms with Crippen LogP contribution in [0.4, 0.5) is 0 Å². The molecule has 0 aromatic heterocycles. The van der Waals surface area contributed by atoms with Crippen molar-refractivity contribution in [2.45, 2.75) is 32.7 Å². The standard InChI is InChI=1S/C44H41N/c1-6-15-35(16-7-2)34(8-3)31-43(38-18-10-9-11-19-38)45-32-33-23-27-39(28-24-33)44(4,5)40-29-25-37(26-30-40)42-22-14-20-36-17-12-13-21-41(36)42/h6-31H,1,3,32H2,2,4-5H3/b16-7-,34-31+,35-15+,45-43?. The molecular formula is C44H41N. The Labute approximate surface area is 269 Å². The zero-order valence-corrected chi connectivity index (χ0v) is 26.6. The lowest BCUT2D eigenvalue weighted by molar-refractivity contribution is 0.640. The minimum absolute atomic E-state index is 0.142. The van der Waals surface area contributed by atoms with Gasteiger partial charge in [0.2, 0.25) is 0 Å². The van der Waals surface area contributed by atoms with Crippen LogP contribution in [0, 0.1) is 0 Å². The van der Waals surface area contributed by atoms with Gasteiger partial charge in [-0.15, -0.1) is 0 Å². The molecule has 0 heterocycles. The van der Waals surface area contributed by atoms with Crippen LogP contribution >= 0.6 is 0 Å². The molecule has 0 atom stereocenters. The molecule has 0 spiro atoms. The third-order valence-electron chi connectivity index (χ3n) is 8.37. The summed E-state index contributed by atoms with van der Waals surface area (Å²) in [5.74, 6) is 0. The average Bonchev–Trinajstić information content (AvgIpc) is 3.09. The van der Waals surface area contributed by atoms with Gasteiger partial charge in [-0.05, 0) is 68.3 Å². The Kier molecular flexibility index (Phi) is 10.0. The third kappa shape index (κ3) is 7.28. The minimum Gasteiger partial charge on any atom is -0.280 e. The van der Waals surface area contributed by atoms with Crippen LogP contribution in [-0.2, 0) is 12.0 Å². The van der Waals surface area contributed by atoms with Gasteiger partial charge in [-0.3, -0.25) is 4.99 Å². The SMILES string of the molecule is C=C/C=C(\C=C/C)C(/C=C)=C/C(=NCc1ccc(C(C)(C)c2ccc(-c3cccc4ccccc34)cc2)cc1)c1ccccc1. The zero-order chi connectivity index (χ0) is 31.6. The van der Waals surface area contributed by atoms with Crippen LogP contribution in [0.25, 0.3) is 21.9 Å². The maximum Gasteiger partial charge on any atom is 0.0656 e. The molecule has 222 valence electrons. The van der Waals surface area contributed by atoms with Gasteiger partial charge >= 0.3 is 0 Å². The average molecular weight is 584 g/mol. The first-order chi connectivity index (χ1) is 21.9. The van der Waals surface area contributed by atoms with Gasteiger partial charge in [0, 0.05) is 5.41 Å². The van der Waals surface area contributed by atoms with Crippen molar-refractivity contribution in [3.05, 3.63) is 204 Å². The number of aliphatic imine (C=N–C) groups is 1. The summed E-state index contributed by atoms with van der Waals surface area (Å²) in [7, 11) is 0. The molecule has 0 bridgehead atoms. The molecule has 0 aliphatic heterocycles. The Hall–Kier alpha value is -5.27. The molecule has 0 saturated heterocycles. The fourth-order valence-electron chi connectivity index (χ4n) is 5.70. The third-order valence-corrected chi connectivity index (χ3v) is 8.37. The van der Waals surface area contributed by atoms with Crippen molar-refractivity contribution >= 4 is 16.5 Å². The smallest absolute Gasteiger partial charge is 0.0656 e. The molecule has 5 rings (SSSR count). The predicted octanol–water partition coefficient (Wildman–Crippen LogP) is 11.6. The number of nitrogens with zero attached hydrogens (tertiary/aromatic N) is 1. The van der Waals surface area contributed by atoms with Crippen LogP contribution in [0.2, 0.25) is 0 Å². The molecule has 5 aromatic rings. The highest BCUT2D eigenvalue weighted by molar-refractivity contribution is 6.09. The van der Waals surface area contributed by atoms with Crippen molar-refractivity contribution in [2.24, 2.45) is 4.99 Å². The molecule has 0 fully saturated rings. The number of rotatable bonds is 11. The molecule has 0 unspecified atom stereocenters. The van der Waals surface area contributed by atoms with E-state index in [2.05, 4.69) is 142 Å². The maximum atomic E-state index is 5.08. The Balaban J connectivity index is 1.39. The van der Waals surface area contributed by atoms with E-state index in [4.69, 9.17) is 4.99 Å². The summed E-state index contributed by atoms with van der Waals surface area (Å²) in [5.41, 5.74) is 10.1. The maximum absolute atomic E-state index is 5.08. The molecule has 45 heavy (non-hydrogen) atoms. The summed E-state index contributed by atoms with van der Waals surface area (Å²) in [4.78, 5) is 5.08. The highest BCUT2D eigenvalue weighted by Gasteiger charge is 2.23. The van der Waals surface area contributed by atoms with E-state index in [1.807, 2.05) is 43.4 Å². The van der Waals surface area contributed by atoms with Crippen molar-refractivity contribution in [1.82, 2.24) is 0 Å². The second-order valence-corrected chi connectivity index (χ2v) is 11.7. The van der Waals surface area contributed by atoms with Crippen LogP contribution in [0.15, 0.2) is 187 Å². The topological polar surface area (TPSA) is 12.4 Å². The lowest BCUT2D eigenvalue weighted by atomic mass is 9.77. The summed E-state index contributed by atoms with van der Waals surface area (Å²) in [6.45, 7) is 15.1. The molecule has 0 aliphatic rings. The normalized spacial score (nSPS) is 12.9. The number of fused-ring (bicyclic) bond motifs is 1. The van der Waals surface area contributed by atoms with E-state index in [9.17, 15) is 0 Å². The van der Waals surface area contributed by atoms with Crippen molar-refractivity contribution in [1.29, 1.82) is 0 Å². The van der Waals surface area contributed by atoms with Crippen LogP contribution in [0.1, 0.15) is 43.0 Å². The van der Waals surface area contributed by atoms with E-state index in [1.165, 1.54) is 33.0 Å². The Morgan fingerprint density at radius 2 is 1.36 bits per heavy atom. The van der Waals surface area contributed by atoms with E-state index in [0.29, 0.717) is 6.54 Å². The summed E-state index contributed by atoms with van der Waals surface area (Å²) in [6, 6.07) is 43.4. The first-order valence-electron chi connectivity index (χ1n) is 15.5.